The van der Waals surface area contributed by atoms with E-state index in [0.717, 1.165) is 18.2 Å². The third-order valence-electron chi connectivity index (χ3n) is 3.75. The first-order valence-electron chi connectivity index (χ1n) is 8.04. The Morgan fingerprint density at radius 2 is 1.90 bits per heavy atom. The Bertz CT molecular complexity index is 516. The number of nitrogens with zero attached hydrogens (tertiary/aromatic N) is 2. The number of hydrogen-bond donors (Lipinski definition) is 1. The predicted molar refractivity (Wildman–Crippen MR) is 88.7 cm³/mol. The summed E-state index contributed by atoms with van der Waals surface area (Å²) in [4.78, 5) is 0. The molecule has 1 aromatic carbocycles. The van der Waals surface area contributed by atoms with Crippen molar-refractivity contribution in [2.75, 3.05) is 6.54 Å². The number of rotatable bonds is 8. The van der Waals surface area contributed by atoms with Crippen LogP contribution in [-0.2, 0) is 0 Å². The van der Waals surface area contributed by atoms with Gasteiger partial charge < -0.3 is 5.32 Å². The second-order valence-electron chi connectivity index (χ2n) is 5.99. The lowest BCUT2D eigenvalue weighted by Gasteiger charge is -2.16. The Kier molecular flexibility index (Phi) is 6.00. The quantitative estimate of drug-likeness (QED) is 0.781. The van der Waals surface area contributed by atoms with Gasteiger partial charge in [0.25, 0.3) is 0 Å². The first-order valence-corrected chi connectivity index (χ1v) is 8.04. The normalized spacial score (nSPS) is 12.8. The van der Waals surface area contributed by atoms with Gasteiger partial charge in [0, 0.05) is 17.8 Å². The number of benzene rings is 1. The van der Waals surface area contributed by atoms with Gasteiger partial charge in [0.05, 0.1) is 11.9 Å². The molecule has 0 saturated carbocycles. The molecule has 0 aliphatic heterocycles. The van der Waals surface area contributed by atoms with Crippen LogP contribution < -0.4 is 5.32 Å². The van der Waals surface area contributed by atoms with Crippen molar-refractivity contribution in [3.63, 3.8) is 0 Å². The smallest absolute Gasteiger partial charge is 0.0645 e. The van der Waals surface area contributed by atoms with Gasteiger partial charge in [-0.25, -0.2) is 4.68 Å². The molecule has 0 amide bonds. The van der Waals surface area contributed by atoms with Crippen molar-refractivity contribution in [2.24, 2.45) is 5.92 Å². The van der Waals surface area contributed by atoms with E-state index >= 15 is 0 Å². The van der Waals surface area contributed by atoms with Crippen LogP contribution in [0.1, 0.15) is 51.6 Å². The fourth-order valence-corrected chi connectivity index (χ4v) is 2.60. The Hall–Kier alpha value is -1.61. The summed E-state index contributed by atoms with van der Waals surface area (Å²) < 4.78 is 1.96. The summed E-state index contributed by atoms with van der Waals surface area (Å²) in [5.74, 6) is 0.777. The maximum Gasteiger partial charge on any atom is 0.0645 e. The first kappa shape index (κ1) is 15.8. The molecular weight excluding hydrogens is 258 g/mol. The number of para-hydroxylation sites is 1. The van der Waals surface area contributed by atoms with E-state index in [4.69, 9.17) is 0 Å². The van der Waals surface area contributed by atoms with Crippen molar-refractivity contribution in [3.8, 4) is 5.69 Å². The van der Waals surface area contributed by atoms with Crippen molar-refractivity contribution in [3.05, 3.63) is 48.3 Å². The minimum atomic E-state index is 0.409. The summed E-state index contributed by atoms with van der Waals surface area (Å²) in [6, 6.07) is 10.7. The zero-order valence-electron chi connectivity index (χ0n) is 13.4. The van der Waals surface area contributed by atoms with Crippen LogP contribution in [0.15, 0.2) is 42.7 Å². The lowest BCUT2D eigenvalue weighted by atomic mass is 10.00. The average molecular weight is 285 g/mol. The van der Waals surface area contributed by atoms with Crippen LogP contribution in [0.3, 0.4) is 0 Å². The molecular formula is C18H27N3. The van der Waals surface area contributed by atoms with Crippen LogP contribution >= 0.6 is 0 Å². The molecule has 1 aromatic heterocycles. The molecule has 114 valence electrons. The molecule has 0 saturated heterocycles. The highest BCUT2D eigenvalue weighted by molar-refractivity contribution is 5.31. The summed E-state index contributed by atoms with van der Waals surface area (Å²) in [7, 11) is 0. The molecule has 0 radical (unpaired) electrons. The molecule has 0 bridgehead atoms. The minimum Gasteiger partial charge on any atom is -0.310 e. The zero-order chi connectivity index (χ0) is 15.1. The Labute approximate surface area is 128 Å². The standard InChI is InChI=1S/C18H27N3/c1-4-19-18(12-8-9-15(2)3)16-13-20-21(14-16)17-10-6-5-7-11-17/h5-7,10-11,13-15,18-19H,4,8-9,12H2,1-3H3. The summed E-state index contributed by atoms with van der Waals surface area (Å²) in [6.45, 7) is 7.73. The molecule has 2 aromatic rings. The van der Waals surface area contributed by atoms with Gasteiger partial charge in [-0.1, -0.05) is 51.8 Å². The molecule has 3 heteroatoms. The molecule has 2 rings (SSSR count). The van der Waals surface area contributed by atoms with Crippen molar-refractivity contribution >= 4 is 0 Å². The number of nitrogens with one attached hydrogen (secondary N) is 1. The number of hydrogen-bond acceptors (Lipinski definition) is 2. The SMILES string of the molecule is CCNC(CCCC(C)C)c1cnn(-c2ccccc2)c1. The number of aromatic nitrogens is 2. The maximum atomic E-state index is 4.51. The minimum absolute atomic E-state index is 0.409. The van der Waals surface area contributed by atoms with Gasteiger partial charge >= 0.3 is 0 Å². The molecule has 0 fully saturated rings. The molecule has 0 spiro atoms. The monoisotopic (exact) mass is 285 g/mol. The van der Waals surface area contributed by atoms with Gasteiger partial charge in [-0.3, -0.25) is 0 Å². The third kappa shape index (κ3) is 4.71. The summed E-state index contributed by atoms with van der Waals surface area (Å²) >= 11 is 0. The summed E-state index contributed by atoms with van der Waals surface area (Å²) in [5.41, 5.74) is 2.39. The largest absolute Gasteiger partial charge is 0.310 e. The zero-order valence-corrected chi connectivity index (χ0v) is 13.4. The van der Waals surface area contributed by atoms with Crippen molar-refractivity contribution in [2.45, 2.75) is 46.1 Å². The van der Waals surface area contributed by atoms with Crippen molar-refractivity contribution < 1.29 is 0 Å². The van der Waals surface area contributed by atoms with Gasteiger partial charge in [-0.15, -0.1) is 0 Å². The van der Waals surface area contributed by atoms with Crippen LogP contribution in [-0.4, -0.2) is 16.3 Å². The Balaban J connectivity index is 2.05. The highest BCUT2D eigenvalue weighted by Gasteiger charge is 2.13. The van der Waals surface area contributed by atoms with Gasteiger partial charge in [-0.2, -0.15) is 5.10 Å². The molecule has 1 heterocycles. The average Bonchev–Trinajstić information content (AvgIpc) is 2.97. The van der Waals surface area contributed by atoms with E-state index in [0.29, 0.717) is 6.04 Å². The molecule has 21 heavy (non-hydrogen) atoms. The molecule has 1 atom stereocenters. The lowest BCUT2D eigenvalue weighted by molar-refractivity contribution is 0.455. The van der Waals surface area contributed by atoms with Crippen LogP contribution in [0, 0.1) is 5.92 Å². The Morgan fingerprint density at radius 3 is 2.57 bits per heavy atom. The predicted octanol–water partition coefficient (Wildman–Crippen LogP) is 4.35. The van der Waals surface area contributed by atoms with Crippen molar-refractivity contribution in [1.29, 1.82) is 0 Å². The second-order valence-corrected chi connectivity index (χ2v) is 5.99. The van der Waals surface area contributed by atoms with Gasteiger partial charge in [0.2, 0.25) is 0 Å². The van der Waals surface area contributed by atoms with E-state index in [1.165, 1.54) is 24.8 Å². The van der Waals surface area contributed by atoms with Crippen molar-refractivity contribution in [1.82, 2.24) is 15.1 Å². The van der Waals surface area contributed by atoms with Crippen LogP contribution in [0.2, 0.25) is 0 Å². The van der Waals surface area contributed by atoms with Gasteiger partial charge in [0.1, 0.15) is 0 Å². The highest BCUT2D eigenvalue weighted by Crippen LogP contribution is 2.21. The van der Waals surface area contributed by atoms with Crippen LogP contribution in [0.25, 0.3) is 5.69 Å². The van der Waals surface area contributed by atoms with Gasteiger partial charge in [0.15, 0.2) is 0 Å². The van der Waals surface area contributed by atoms with Gasteiger partial charge in [-0.05, 0) is 31.0 Å². The molecule has 3 nitrogen and oxygen atoms in total. The second kappa shape index (κ2) is 7.99. The fourth-order valence-electron chi connectivity index (χ4n) is 2.60. The Morgan fingerprint density at radius 1 is 1.14 bits per heavy atom. The maximum absolute atomic E-state index is 4.51. The third-order valence-corrected chi connectivity index (χ3v) is 3.75. The van der Waals surface area contributed by atoms with E-state index in [1.54, 1.807) is 0 Å². The molecule has 0 aliphatic rings. The fraction of sp³-hybridized carbons (Fsp3) is 0.500. The van der Waals surface area contributed by atoms with E-state index in [-0.39, 0.29) is 0 Å². The van der Waals surface area contributed by atoms with Crippen LogP contribution in [0.4, 0.5) is 0 Å². The first-order chi connectivity index (χ1) is 10.2. The van der Waals surface area contributed by atoms with E-state index in [2.05, 4.69) is 49.5 Å². The molecule has 1 N–H and O–H groups in total. The van der Waals surface area contributed by atoms with Crippen LogP contribution in [0.5, 0.6) is 0 Å². The molecule has 1 unspecified atom stereocenters. The van der Waals surface area contributed by atoms with E-state index < -0.39 is 0 Å². The highest BCUT2D eigenvalue weighted by atomic mass is 15.3. The molecule has 0 aliphatic carbocycles. The topological polar surface area (TPSA) is 29.9 Å². The van der Waals surface area contributed by atoms with E-state index in [9.17, 15) is 0 Å². The lowest BCUT2D eigenvalue weighted by Crippen LogP contribution is -2.20. The summed E-state index contributed by atoms with van der Waals surface area (Å²) in [6.07, 6.45) is 7.86. The van der Waals surface area contributed by atoms with E-state index in [1.807, 2.05) is 29.1 Å². The summed E-state index contributed by atoms with van der Waals surface area (Å²) in [5, 5.41) is 8.09.